The van der Waals surface area contributed by atoms with Crippen molar-refractivity contribution in [3.8, 4) is 0 Å². The third kappa shape index (κ3) is 7.15. The lowest BCUT2D eigenvalue weighted by molar-refractivity contribution is -0.146. The highest BCUT2D eigenvalue weighted by atomic mass is 16.6. The molecule has 1 heterocycles. The maximum Gasteiger partial charge on any atom is 0.343 e. The SMILES string of the molecule is C/C=C(\C)C(=O)O[C@H]1C/C(C)=C\[C@@H](OC(C)=O)C[C@@](C)(O)/C=C2/OC(=O)C(COC(C)=O)=C21. The van der Waals surface area contributed by atoms with Crippen molar-refractivity contribution >= 4 is 23.9 Å². The van der Waals surface area contributed by atoms with Gasteiger partial charge in [-0.25, -0.2) is 9.59 Å². The van der Waals surface area contributed by atoms with Crippen LogP contribution in [0.5, 0.6) is 0 Å². The lowest BCUT2D eigenvalue weighted by Crippen LogP contribution is -2.32. The van der Waals surface area contributed by atoms with Gasteiger partial charge in [-0.15, -0.1) is 0 Å². The van der Waals surface area contributed by atoms with Gasteiger partial charge in [0.2, 0.25) is 0 Å². The normalized spacial score (nSPS) is 29.1. The minimum Gasteiger partial charge on any atom is -0.461 e. The number of aliphatic hydroxyl groups is 1. The summed E-state index contributed by atoms with van der Waals surface area (Å²) in [6, 6.07) is 0. The number of carbonyl (C=O) groups excluding carboxylic acids is 4. The molecule has 9 nitrogen and oxygen atoms in total. The fourth-order valence-corrected chi connectivity index (χ4v) is 3.56. The van der Waals surface area contributed by atoms with Crippen LogP contribution in [0.4, 0.5) is 0 Å². The van der Waals surface area contributed by atoms with E-state index in [1.807, 2.05) is 0 Å². The number of carbonyl (C=O) groups is 4. The number of ether oxygens (including phenoxy) is 4. The van der Waals surface area contributed by atoms with Crippen molar-refractivity contribution in [3.63, 3.8) is 0 Å². The summed E-state index contributed by atoms with van der Waals surface area (Å²) in [7, 11) is 0. The average molecular weight is 462 g/mol. The van der Waals surface area contributed by atoms with Gasteiger partial charge in [0.25, 0.3) is 0 Å². The molecule has 0 saturated heterocycles. The highest BCUT2D eigenvalue weighted by Crippen LogP contribution is 2.37. The van der Waals surface area contributed by atoms with E-state index in [-0.39, 0.29) is 36.4 Å². The first-order chi connectivity index (χ1) is 15.3. The first kappa shape index (κ1) is 26.1. The molecule has 0 radical (unpaired) electrons. The highest BCUT2D eigenvalue weighted by molar-refractivity contribution is 5.96. The molecule has 1 aliphatic heterocycles. The molecule has 2 rings (SSSR count). The fourth-order valence-electron chi connectivity index (χ4n) is 3.56. The van der Waals surface area contributed by atoms with E-state index in [0.29, 0.717) is 11.1 Å². The van der Waals surface area contributed by atoms with Gasteiger partial charge in [0.05, 0.1) is 11.2 Å². The Morgan fingerprint density at radius 3 is 2.45 bits per heavy atom. The maximum absolute atomic E-state index is 12.6. The standard InChI is InChI=1S/C24H30O9/c1-7-14(3)22(27)32-19-9-13(2)8-17(31-16(5)26)10-24(6,29)11-20-21(19)18(23(28)33-20)12-30-15(4)25/h7-8,11,17,19,29H,9-10,12H2,1-6H3/b13-8-,14-7+,20-11+/t17-,19+,24-/m1/s1. The van der Waals surface area contributed by atoms with Gasteiger partial charge < -0.3 is 24.1 Å². The Balaban J connectivity index is 2.65. The summed E-state index contributed by atoms with van der Waals surface area (Å²) in [5.41, 5.74) is -0.269. The summed E-state index contributed by atoms with van der Waals surface area (Å²) >= 11 is 0. The summed E-state index contributed by atoms with van der Waals surface area (Å²) < 4.78 is 21.5. The molecular formula is C24H30O9. The van der Waals surface area contributed by atoms with Crippen LogP contribution in [0.25, 0.3) is 0 Å². The lowest BCUT2D eigenvalue weighted by Gasteiger charge is -2.28. The molecule has 33 heavy (non-hydrogen) atoms. The van der Waals surface area contributed by atoms with Crippen molar-refractivity contribution in [2.24, 2.45) is 0 Å². The van der Waals surface area contributed by atoms with Gasteiger partial charge in [-0.3, -0.25) is 9.59 Å². The van der Waals surface area contributed by atoms with Crippen LogP contribution in [0, 0.1) is 0 Å². The molecule has 0 bridgehead atoms. The molecule has 1 aliphatic carbocycles. The largest absolute Gasteiger partial charge is 0.461 e. The van der Waals surface area contributed by atoms with Gasteiger partial charge in [-0.1, -0.05) is 11.6 Å². The lowest BCUT2D eigenvalue weighted by atomic mass is 9.89. The smallest absolute Gasteiger partial charge is 0.343 e. The second-order valence-electron chi connectivity index (χ2n) is 8.36. The van der Waals surface area contributed by atoms with Crippen LogP contribution in [0.3, 0.4) is 0 Å². The van der Waals surface area contributed by atoms with Gasteiger partial charge in [0, 0.05) is 37.8 Å². The van der Waals surface area contributed by atoms with Crippen molar-refractivity contribution in [1.29, 1.82) is 0 Å². The van der Waals surface area contributed by atoms with E-state index in [0.717, 1.165) is 0 Å². The molecule has 3 atom stereocenters. The van der Waals surface area contributed by atoms with Crippen LogP contribution < -0.4 is 0 Å². The van der Waals surface area contributed by atoms with E-state index >= 15 is 0 Å². The molecule has 9 heteroatoms. The van der Waals surface area contributed by atoms with Crippen LogP contribution >= 0.6 is 0 Å². The minimum absolute atomic E-state index is 0.000333. The molecule has 0 aromatic carbocycles. The number of fused-ring (bicyclic) bond motifs is 1. The molecule has 0 aromatic rings. The zero-order valence-electron chi connectivity index (χ0n) is 19.7. The first-order valence-corrected chi connectivity index (χ1v) is 10.6. The molecule has 180 valence electrons. The molecule has 0 unspecified atom stereocenters. The predicted molar refractivity (Wildman–Crippen MR) is 116 cm³/mol. The van der Waals surface area contributed by atoms with Crippen molar-refractivity contribution in [2.75, 3.05) is 6.61 Å². The molecule has 0 amide bonds. The zero-order chi connectivity index (χ0) is 24.9. The van der Waals surface area contributed by atoms with E-state index in [1.165, 1.54) is 26.8 Å². The predicted octanol–water partition coefficient (Wildman–Crippen LogP) is 2.59. The monoisotopic (exact) mass is 462 g/mol. The quantitative estimate of drug-likeness (QED) is 0.284. The Hall–Kier alpha value is -3.20. The summed E-state index contributed by atoms with van der Waals surface area (Å²) in [6.45, 7) is 8.60. The molecule has 0 spiro atoms. The van der Waals surface area contributed by atoms with Crippen molar-refractivity contribution in [1.82, 2.24) is 0 Å². The van der Waals surface area contributed by atoms with E-state index in [2.05, 4.69) is 0 Å². The fraction of sp³-hybridized carbons (Fsp3) is 0.500. The van der Waals surface area contributed by atoms with Gasteiger partial charge in [0.1, 0.15) is 24.6 Å². The highest BCUT2D eigenvalue weighted by Gasteiger charge is 2.40. The average Bonchev–Trinajstić information content (AvgIpc) is 2.97. The summed E-state index contributed by atoms with van der Waals surface area (Å²) in [5, 5.41) is 11.0. The van der Waals surface area contributed by atoms with Crippen LogP contribution in [0.2, 0.25) is 0 Å². The van der Waals surface area contributed by atoms with Crippen molar-refractivity contribution < 1.29 is 43.2 Å². The van der Waals surface area contributed by atoms with E-state index in [1.54, 1.807) is 32.9 Å². The van der Waals surface area contributed by atoms with Crippen molar-refractivity contribution in [2.45, 2.75) is 72.2 Å². The molecule has 2 aliphatic rings. The zero-order valence-corrected chi connectivity index (χ0v) is 19.7. The maximum atomic E-state index is 12.6. The molecular weight excluding hydrogens is 432 g/mol. The minimum atomic E-state index is -1.56. The Morgan fingerprint density at radius 1 is 1.21 bits per heavy atom. The van der Waals surface area contributed by atoms with Crippen molar-refractivity contribution in [3.05, 3.63) is 46.3 Å². The third-order valence-corrected chi connectivity index (χ3v) is 5.14. The van der Waals surface area contributed by atoms with Crippen LogP contribution in [0.15, 0.2) is 46.3 Å². The molecule has 1 N–H and O–H groups in total. The second kappa shape index (κ2) is 10.6. The molecule has 0 fully saturated rings. The number of esters is 4. The van der Waals surface area contributed by atoms with Gasteiger partial charge in [-0.2, -0.15) is 0 Å². The Labute approximate surface area is 192 Å². The topological polar surface area (TPSA) is 125 Å². The second-order valence-corrected chi connectivity index (χ2v) is 8.36. The third-order valence-electron chi connectivity index (χ3n) is 5.14. The Kier molecular flexibility index (Phi) is 8.38. The van der Waals surface area contributed by atoms with Gasteiger partial charge >= 0.3 is 23.9 Å². The first-order valence-electron chi connectivity index (χ1n) is 10.6. The van der Waals surface area contributed by atoms with Crippen LogP contribution in [-0.4, -0.2) is 53.4 Å². The number of hydrogen-bond donors (Lipinski definition) is 1. The Morgan fingerprint density at radius 2 is 1.88 bits per heavy atom. The Bertz CT molecular complexity index is 962. The van der Waals surface area contributed by atoms with Crippen LogP contribution in [-0.2, 0) is 38.1 Å². The van der Waals surface area contributed by atoms with E-state index in [4.69, 9.17) is 18.9 Å². The molecule has 0 saturated carbocycles. The number of allylic oxidation sites excluding steroid dienone is 1. The summed E-state index contributed by atoms with van der Waals surface area (Å²) in [6.07, 6.45) is 2.98. The number of hydrogen-bond acceptors (Lipinski definition) is 9. The van der Waals surface area contributed by atoms with Crippen LogP contribution in [0.1, 0.15) is 54.4 Å². The van der Waals surface area contributed by atoms with E-state index in [9.17, 15) is 24.3 Å². The van der Waals surface area contributed by atoms with E-state index < -0.39 is 41.7 Å². The summed E-state index contributed by atoms with van der Waals surface area (Å²) in [5.74, 6) is -2.49. The van der Waals surface area contributed by atoms with Gasteiger partial charge in [0.15, 0.2) is 0 Å². The van der Waals surface area contributed by atoms with Gasteiger partial charge in [-0.05, 0) is 39.8 Å². The summed E-state index contributed by atoms with van der Waals surface area (Å²) in [4.78, 5) is 48.2. The molecule has 0 aromatic heterocycles. The number of rotatable bonds is 5.